The number of alkyl halides is 2. The van der Waals surface area contributed by atoms with Crippen LogP contribution in [0, 0.1) is 5.92 Å². The number of sulfonamides is 1. The Labute approximate surface area is 144 Å². The number of anilines is 1. The van der Waals surface area contributed by atoms with E-state index in [-0.39, 0.29) is 11.7 Å². The number of hydrogen-bond donors (Lipinski definition) is 3. The molecule has 0 unspecified atom stereocenters. The lowest BCUT2D eigenvalue weighted by molar-refractivity contribution is -0.118. The molecule has 4 N–H and O–H groups in total. The van der Waals surface area contributed by atoms with Crippen LogP contribution in [0.2, 0.25) is 0 Å². The third kappa shape index (κ3) is 5.65. The van der Waals surface area contributed by atoms with E-state index in [9.17, 15) is 22.0 Å². The highest BCUT2D eigenvalue weighted by atomic mass is 32.2. The molecule has 11 heteroatoms. The van der Waals surface area contributed by atoms with Crippen molar-refractivity contribution in [1.82, 2.24) is 14.7 Å². The van der Waals surface area contributed by atoms with Gasteiger partial charge in [0.2, 0.25) is 5.91 Å². The SMILES string of the molecule is N[C@H](C(=O)Nc1cnc(S(=O)(=O)NCC(F)F)cn1)C1CCCCC1. The molecule has 1 heterocycles. The van der Waals surface area contributed by atoms with Crippen LogP contribution in [-0.2, 0) is 14.8 Å². The highest BCUT2D eigenvalue weighted by Crippen LogP contribution is 2.26. The Balaban J connectivity index is 1.96. The van der Waals surface area contributed by atoms with Gasteiger partial charge in [-0.15, -0.1) is 0 Å². The summed E-state index contributed by atoms with van der Waals surface area (Å²) in [5.74, 6) is -0.253. The van der Waals surface area contributed by atoms with Gasteiger partial charge in [0.1, 0.15) is 0 Å². The van der Waals surface area contributed by atoms with Gasteiger partial charge in [-0.05, 0) is 18.8 Å². The molecule has 1 fully saturated rings. The molecule has 1 saturated carbocycles. The lowest BCUT2D eigenvalue weighted by Crippen LogP contribution is -2.42. The summed E-state index contributed by atoms with van der Waals surface area (Å²) >= 11 is 0. The third-order valence-corrected chi connectivity index (χ3v) is 5.35. The average Bonchev–Trinajstić information content (AvgIpc) is 2.60. The van der Waals surface area contributed by atoms with Gasteiger partial charge in [0, 0.05) is 0 Å². The Morgan fingerprint density at radius 1 is 1.24 bits per heavy atom. The quantitative estimate of drug-likeness (QED) is 0.647. The number of nitrogens with one attached hydrogen (secondary N) is 2. The van der Waals surface area contributed by atoms with Gasteiger partial charge in [-0.3, -0.25) is 4.79 Å². The van der Waals surface area contributed by atoms with Gasteiger partial charge in [-0.2, -0.15) is 0 Å². The Bertz CT molecular complexity index is 678. The summed E-state index contributed by atoms with van der Waals surface area (Å²) in [6.45, 7) is -1.02. The highest BCUT2D eigenvalue weighted by Gasteiger charge is 2.26. The van der Waals surface area contributed by atoms with E-state index in [2.05, 4.69) is 15.3 Å². The summed E-state index contributed by atoms with van der Waals surface area (Å²) < 4.78 is 49.4. The van der Waals surface area contributed by atoms with Crippen molar-refractivity contribution in [2.45, 2.75) is 49.6 Å². The Morgan fingerprint density at radius 2 is 1.92 bits per heavy atom. The summed E-state index contributed by atoms with van der Waals surface area (Å²) in [6.07, 6.45) is 4.14. The van der Waals surface area contributed by atoms with Crippen LogP contribution in [-0.4, -0.2) is 43.3 Å². The molecule has 1 aliphatic rings. The molecule has 25 heavy (non-hydrogen) atoms. The Kier molecular flexibility index (Phi) is 6.73. The molecule has 0 saturated heterocycles. The molecule has 0 aromatic carbocycles. The van der Waals surface area contributed by atoms with Crippen molar-refractivity contribution in [3.63, 3.8) is 0 Å². The zero-order valence-corrected chi connectivity index (χ0v) is 14.3. The van der Waals surface area contributed by atoms with Gasteiger partial charge in [0.15, 0.2) is 10.8 Å². The number of aromatic nitrogens is 2. The largest absolute Gasteiger partial charge is 0.320 e. The first kappa shape index (κ1) is 19.6. The molecule has 0 aliphatic heterocycles. The lowest BCUT2D eigenvalue weighted by Gasteiger charge is -2.26. The number of nitrogens with zero attached hydrogens (tertiary/aromatic N) is 2. The van der Waals surface area contributed by atoms with Gasteiger partial charge in [-0.1, -0.05) is 19.3 Å². The zero-order chi connectivity index (χ0) is 18.4. The maximum absolute atomic E-state index is 12.2. The minimum atomic E-state index is -4.18. The van der Waals surface area contributed by atoms with Crippen LogP contribution >= 0.6 is 0 Å². The molecule has 8 nitrogen and oxygen atoms in total. The van der Waals surface area contributed by atoms with Crippen LogP contribution < -0.4 is 15.8 Å². The predicted octanol–water partition coefficient (Wildman–Crippen LogP) is 0.866. The smallest absolute Gasteiger partial charge is 0.259 e. The molecule has 0 spiro atoms. The van der Waals surface area contributed by atoms with Crippen molar-refractivity contribution >= 4 is 21.7 Å². The van der Waals surface area contributed by atoms with Crippen molar-refractivity contribution in [3.8, 4) is 0 Å². The minimum absolute atomic E-state index is 0.0454. The van der Waals surface area contributed by atoms with Crippen LogP contribution in [0.4, 0.5) is 14.6 Å². The van der Waals surface area contributed by atoms with Gasteiger partial charge >= 0.3 is 0 Å². The second-order valence-electron chi connectivity index (χ2n) is 5.90. The van der Waals surface area contributed by atoms with Crippen LogP contribution in [0.25, 0.3) is 0 Å². The molecular formula is C14H21F2N5O3S. The fourth-order valence-corrected chi connectivity index (χ4v) is 3.56. The first-order valence-corrected chi connectivity index (χ1v) is 9.44. The van der Waals surface area contributed by atoms with Gasteiger partial charge < -0.3 is 11.1 Å². The van der Waals surface area contributed by atoms with E-state index in [1.165, 1.54) is 0 Å². The summed E-state index contributed by atoms with van der Waals surface area (Å²) in [7, 11) is -4.18. The molecule has 1 aromatic heterocycles. The fourth-order valence-electron chi connectivity index (χ4n) is 2.68. The Hall–Kier alpha value is -1.72. The van der Waals surface area contributed by atoms with Crippen molar-refractivity contribution in [1.29, 1.82) is 0 Å². The van der Waals surface area contributed by atoms with Crippen LogP contribution in [0.15, 0.2) is 17.4 Å². The molecule has 140 valence electrons. The summed E-state index contributed by atoms with van der Waals surface area (Å²) in [4.78, 5) is 19.6. The predicted molar refractivity (Wildman–Crippen MR) is 86.4 cm³/mol. The molecule has 1 aromatic rings. The van der Waals surface area contributed by atoms with Crippen LogP contribution in [0.1, 0.15) is 32.1 Å². The number of nitrogens with two attached hydrogens (primary N) is 1. The summed E-state index contributed by atoms with van der Waals surface area (Å²) in [5, 5.41) is 1.98. The van der Waals surface area contributed by atoms with Gasteiger partial charge in [0.25, 0.3) is 16.4 Å². The average molecular weight is 377 g/mol. The Morgan fingerprint density at radius 3 is 2.48 bits per heavy atom. The summed E-state index contributed by atoms with van der Waals surface area (Å²) in [5.41, 5.74) is 5.97. The van der Waals surface area contributed by atoms with E-state index in [1.54, 1.807) is 4.72 Å². The summed E-state index contributed by atoms with van der Waals surface area (Å²) in [6, 6.07) is -0.668. The topological polar surface area (TPSA) is 127 Å². The molecular weight excluding hydrogens is 356 g/mol. The number of halogens is 2. The molecule has 0 radical (unpaired) electrons. The van der Waals surface area contributed by atoms with Crippen LogP contribution in [0.5, 0.6) is 0 Å². The van der Waals surface area contributed by atoms with E-state index in [0.29, 0.717) is 0 Å². The highest BCUT2D eigenvalue weighted by molar-refractivity contribution is 7.89. The van der Waals surface area contributed by atoms with Gasteiger partial charge in [0.05, 0.1) is 25.0 Å². The van der Waals surface area contributed by atoms with Crippen molar-refractivity contribution < 1.29 is 22.0 Å². The number of amides is 1. The number of carbonyl (C=O) groups is 1. The second kappa shape index (κ2) is 8.59. The monoisotopic (exact) mass is 377 g/mol. The maximum atomic E-state index is 12.2. The van der Waals surface area contributed by atoms with E-state index in [1.807, 2.05) is 0 Å². The minimum Gasteiger partial charge on any atom is -0.320 e. The van der Waals surface area contributed by atoms with Gasteiger partial charge in [-0.25, -0.2) is 31.9 Å². The van der Waals surface area contributed by atoms with Crippen molar-refractivity contribution in [2.75, 3.05) is 11.9 Å². The maximum Gasteiger partial charge on any atom is 0.259 e. The molecule has 1 aliphatic carbocycles. The number of rotatable bonds is 7. The first-order valence-electron chi connectivity index (χ1n) is 7.96. The third-order valence-electron chi connectivity index (χ3n) is 4.04. The van der Waals surface area contributed by atoms with E-state index in [0.717, 1.165) is 44.5 Å². The lowest BCUT2D eigenvalue weighted by atomic mass is 9.84. The van der Waals surface area contributed by atoms with E-state index >= 15 is 0 Å². The zero-order valence-electron chi connectivity index (χ0n) is 13.5. The van der Waals surface area contributed by atoms with Crippen LogP contribution in [0.3, 0.4) is 0 Å². The molecule has 0 bridgehead atoms. The number of hydrogen-bond acceptors (Lipinski definition) is 6. The molecule has 1 amide bonds. The normalized spacial score (nSPS) is 17.4. The molecule has 2 rings (SSSR count). The first-order chi connectivity index (χ1) is 11.8. The van der Waals surface area contributed by atoms with Crippen molar-refractivity contribution in [3.05, 3.63) is 12.4 Å². The second-order valence-corrected chi connectivity index (χ2v) is 7.61. The fraction of sp³-hybridized carbons (Fsp3) is 0.643. The standard InChI is InChI=1S/C14H21F2N5O3S/c15-10(16)6-20-25(23,24)12-8-18-11(7-19-12)21-14(22)13(17)9-4-2-1-3-5-9/h7-10,13,20H,1-6,17H2,(H,18,21,22)/t13-/m0/s1. The molecule has 1 atom stereocenters. The van der Waals surface area contributed by atoms with E-state index < -0.39 is 40.0 Å². The number of carbonyl (C=O) groups excluding carboxylic acids is 1. The van der Waals surface area contributed by atoms with E-state index in [4.69, 9.17) is 5.73 Å². The van der Waals surface area contributed by atoms with Crippen molar-refractivity contribution in [2.24, 2.45) is 11.7 Å².